The van der Waals surface area contributed by atoms with Gasteiger partial charge in [-0.1, -0.05) is 48.2 Å². The molecule has 0 aliphatic carbocycles. The van der Waals surface area contributed by atoms with E-state index in [9.17, 15) is 4.79 Å². The quantitative estimate of drug-likeness (QED) is 0.698. The third-order valence-electron chi connectivity index (χ3n) is 3.42. The molecule has 0 aliphatic rings. The Bertz CT molecular complexity index is 784. The van der Waals surface area contributed by atoms with Gasteiger partial charge in [-0.3, -0.25) is 4.79 Å². The number of hydrogen-bond acceptors (Lipinski definition) is 5. The van der Waals surface area contributed by atoms with Crippen molar-refractivity contribution in [3.8, 4) is 0 Å². The highest BCUT2D eigenvalue weighted by Gasteiger charge is 2.22. The van der Waals surface area contributed by atoms with Crippen molar-refractivity contribution in [1.82, 2.24) is 14.8 Å². The van der Waals surface area contributed by atoms with Crippen LogP contribution in [0.5, 0.6) is 0 Å². The van der Waals surface area contributed by atoms with Crippen LogP contribution in [0.2, 0.25) is 0 Å². The summed E-state index contributed by atoms with van der Waals surface area (Å²) in [6.07, 6.45) is 0.730. The molecule has 0 bridgehead atoms. The van der Waals surface area contributed by atoms with Crippen molar-refractivity contribution in [2.75, 3.05) is 0 Å². The summed E-state index contributed by atoms with van der Waals surface area (Å²) in [5.74, 6) is 0.482. The summed E-state index contributed by atoms with van der Waals surface area (Å²) in [7, 11) is 1.91. The number of hydrogen-bond donors (Lipinski definition) is 1. The molecule has 0 radical (unpaired) electrons. The zero-order chi connectivity index (χ0) is 16.2. The molecule has 0 saturated carbocycles. The molecule has 1 amide bonds. The molecule has 2 N–H and O–H groups in total. The van der Waals surface area contributed by atoms with Gasteiger partial charge in [-0.15, -0.1) is 21.5 Å². The van der Waals surface area contributed by atoms with Crippen LogP contribution in [0.1, 0.15) is 21.5 Å². The monoisotopic (exact) mass is 344 g/mol. The average molecular weight is 344 g/mol. The smallest absolute Gasteiger partial charge is 0.235 e. The zero-order valence-electron chi connectivity index (χ0n) is 12.5. The number of carbonyl (C=O) groups excluding carboxylic acids is 1. The second-order valence-electron chi connectivity index (χ2n) is 5.02. The van der Waals surface area contributed by atoms with Gasteiger partial charge in [0.25, 0.3) is 0 Å². The van der Waals surface area contributed by atoms with Crippen LogP contribution in [-0.2, 0) is 18.3 Å². The third kappa shape index (κ3) is 3.62. The summed E-state index contributed by atoms with van der Waals surface area (Å²) in [6.45, 7) is 0. The molecule has 0 unspecified atom stereocenters. The van der Waals surface area contributed by atoms with E-state index in [0.29, 0.717) is 5.16 Å². The molecule has 1 aromatic carbocycles. The fourth-order valence-corrected chi connectivity index (χ4v) is 3.87. The average Bonchev–Trinajstić information content (AvgIpc) is 3.18. The minimum Gasteiger partial charge on any atom is -0.368 e. The Hall–Kier alpha value is -2.12. The van der Waals surface area contributed by atoms with E-state index in [2.05, 4.69) is 16.3 Å². The van der Waals surface area contributed by atoms with E-state index >= 15 is 0 Å². The lowest BCUT2D eigenvalue weighted by Gasteiger charge is -2.12. The molecular weight excluding hydrogens is 328 g/mol. The number of aromatic nitrogens is 3. The summed E-state index contributed by atoms with van der Waals surface area (Å²) in [5, 5.41) is 10.7. The normalized spacial score (nSPS) is 12.2. The summed E-state index contributed by atoms with van der Waals surface area (Å²) in [6, 6.07) is 13.6. The predicted octanol–water partition coefficient (Wildman–Crippen LogP) is 2.79. The Balaban J connectivity index is 1.81. The molecule has 118 valence electrons. The number of thioether (sulfide) groups is 1. The van der Waals surface area contributed by atoms with E-state index in [1.54, 1.807) is 11.3 Å². The molecule has 0 aliphatic heterocycles. The maximum atomic E-state index is 11.8. The van der Waals surface area contributed by atoms with Crippen LogP contribution in [0.4, 0.5) is 0 Å². The lowest BCUT2D eigenvalue weighted by atomic mass is 10.1. The predicted molar refractivity (Wildman–Crippen MR) is 92.4 cm³/mol. The lowest BCUT2D eigenvalue weighted by molar-refractivity contribution is -0.117. The van der Waals surface area contributed by atoms with Crippen molar-refractivity contribution < 1.29 is 4.79 Å². The Morgan fingerprint density at radius 3 is 2.70 bits per heavy atom. The molecule has 23 heavy (non-hydrogen) atoms. The molecule has 5 nitrogen and oxygen atoms in total. The van der Waals surface area contributed by atoms with Gasteiger partial charge in [0, 0.05) is 18.3 Å². The van der Waals surface area contributed by atoms with Gasteiger partial charge in [0.15, 0.2) is 5.16 Å². The zero-order valence-corrected chi connectivity index (χ0v) is 14.2. The van der Waals surface area contributed by atoms with Crippen LogP contribution in [0.25, 0.3) is 0 Å². The first-order valence-corrected chi connectivity index (χ1v) is 8.82. The van der Waals surface area contributed by atoms with Gasteiger partial charge in [-0.2, -0.15) is 0 Å². The molecule has 3 rings (SSSR count). The number of benzene rings is 1. The second-order valence-corrected chi connectivity index (χ2v) is 7.13. The van der Waals surface area contributed by atoms with Crippen molar-refractivity contribution in [1.29, 1.82) is 0 Å². The number of carbonyl (C=O) groups is 1. The molecular formula is C16H16N4OS2. The third-order valence-corrected chi connectivity index (χ3v) is 5.60. The largest absolute Gasteiger partial charge is 0.368 e. The van der Waals surface area contributed by atoms with Crippen molar-refractivity contribution in [2.45, 2.75) is 16.8 Å². The van der Waals surface area contributed by atoms with Crippen LogP contribution in [0.15, 0.2) is 53.0 Å². The summed E-state index contributed by atoms with van der Waals surface area (Å²) >= 11 is 3.02. The number of amides is 1. The van der Waals surface area contributed by atoms with Gasteiger partial charge < -0.3 is 10.3 Å². The molecule has 7 heteroatoms. The van der Waals surface area contributed by atoms with E-state index in [1.165, 1.54) is 16.6 Å². The summed E-state index contributed by atoms with van der Waals surface area (Å²) < 4.78 is 1.92. The highest BCUT2D eigenvalue weighted by Crippen LogP contribution is 2.34. The number of nitrogens with two attached hydrogens (primary N) is 1. The van der Waals surface area contributed by atoms with E-state index in [4.69, 9.17) is 5.73 Å². The fraction of sp³-hybridized carbons (Fsp3) is 0.188. The van der Waals surface area contributed by atoms with Gasteiger partial charge in [0.1, 0.15) is 11.1 Å². The molecule has 0 fully saturated rings. The Morgan fingerprint density at radius 2 is 2.04 bits per heavy atom. The number of primary amides is 1. The minimum atomic E-state index is -0.478. The Kier molecular flexibility index (Phi) is 4.78. The minimum absolute atomic E-state index is 0.385. The fourth-order valence-electron chi connectivity index (χ4n) is 2.19. The lowest BCUT2D eigenvalue weighted by Crippen LogP contribution is -2.19. The number of nitrogens with zero attached hydrogens (tertiary/aromatic N) is 3. The first-order chi connectivity index (χ1) is 11.1. The van der Waals surface area contributed by atoms with Crippen molar-refractivity contribution in [2.24, 2.45) is 12.8 Å². The maximum absolute atomic E-state index is 11.8. The Morgan fingerprint density at radius 1 is 1.26 bits per heavy atom. The molecule has 2 heterocycles. The first kappa shape index (κ1) is 15.8. The summed E-state index contributed by atoms with van der Waals surface area (Å²) in [5.41, 5.74) is 6.44. The first-order valence-electron chi connectivity index (χ1n) is 7.06. The molecule has 2 aromatic heterocycles. The SMILES string of the molecule is Cn1c(Cc2cccs2)nnc1S[C@@H](C(N)=O)c1ccccc1. The van der Waals surface area contributed by atoms with Crippen LogP contribution in [0.3, 0.4) is 0 Å². The van der Waals surface area contributed by atoms with Crippen LogP contribution in [-0.4, -0.2) is 20.7 Å². The van der Waals surface area contributed by atoms with E-state index in [-0.39, 0.29) is 5.91 Å². The number of thiophene rings is 1. The highest BCUT2D eigenvalue weighted by atomic mass is 32.2. The van der Waals surface area contributed by atoms with E-state index in [1.807, 2.05) is 53.4 Å². The summed E-state index contributed by atoms with van der Waals surface area (Å²) in [4.78, 5) is 13.1. The van der Waals surface area contributed by atoms with Crippen LogP contribution in [0, 0.1) is 0 Å². The topological polar surface area (TPSA) is 73.8 Å². The van der Waals surface area contributed by atoms with E-state index in [0.717, 1.165) is 17.8 Å². The van der Waals surface area contributed by atoms with E-state index < -0.39 is 5.25 Å². The standard InChI is InChI=1S/C16H16N4OS2/c1-20-13(10-12-8-5-9-22-12)18-19-16(20)23-14(15(17)21)11-6-3-2-4-7-11/h2-9,14H,10H2,1H3,(H2,17,21)/t14-/m1/s1. The molecule has 0 saturated heterocycles. The van der Waals surface area contributed by atoms with Gasteiger partial charge in [0.05, 0.1) is 0 Å². The van der Waals surface area contributed by atoms with Crippen molar-refractivity contribution in [3.05, 3.63) is 64.1 Å². The van der Waals surface area contributed by atoms with Gasteiger partial charge >= 0.3 is 0 Å². The van der Waals surface area contributed by atoms with Gasteiger partial charge in [-0.25, -0.2) is 0 Å². The van der Waals surface area contributed by atoms with Gasteiger partial charge in [-0.05, 0) is 17.0 Å². The highest BCUT2D eigenvalue weighted by molar-refractivity contribution is 8.00. The van der Waals surface area contributed by atoms with Crippen molar-refractivity contribution in [3.63, 3.8) is 0 Å². The Labute approximate surface area is 142 Å². The van der Waals surface area contributed by atoms with Crippen molar-refractivity contribution >= 4 is 29.0 Å². The maximum Gasteiger partial charge on any atom is 0.235 e. The molecule has 0 spiro atoms. The number of rotatable bonds is 6. The molecule has 1 atom stereocenters. The second kappa shape index (κ2) is 6.97. The van der Waals surface area contributed by atoms with Crippen LogP contribution >= 0.6 is 23.1 Å². The molecule has 3 aromatic rings. The van der Waals surface area contributed by atoms with Gasteiger partial charge in [0.2, 0.25) is 5.91 Å². The van der Waals surface area contributed by atoms with Crippen LogP contribution < -0.4 is 5.73 Å².